The molecule has 1 aliphatic rings. The van der Waals surface area contributed by atoms with Gasteiger partial charge in [0.2, 0.25) is 15.9 Å². The van der Waals surface area contributed by atoms with E-state index < -0.39 is 10.0 Å². The van der Waals surface area contributed by atoms with Crippen molar-refractivity contribution in [2.75, 3.05) is 25.1 Å². The molecule has 9 heteroatoms. The second kappa shape index (κ2) is 7.59. The molecule has 21 heavy (non-hydrogen) atoms. The summed E-state index contributed by atoms with van der Waals surface area (Å²) in [6.45, 7) is 1.31. The number of sulfonamides is 1. The lowest BCUT2D eigenvalue weighted by Crippen LogP contribution is -2.41. The number of hydrogen-bond donors (Lipinski definition) is 3. The van der Waals surface area contributed by atoms with Gasteiger partial charge in [-0.15, -0.1) is 11.3 Å². The van der Waals surface area contributed by atoms with Crippen LogP contribution in [0.5, 0.6) is 0 Å². The van der Waals surface area contributed by atoms with Gasteiger partial charge >= 0.3 is 0 Å². The highest BCUT2D eigenvalue weighted by molar-refractivity contribution is 7.99. The SMILES string of the molecule is CNS(=O)(=O)c1ccc(CNC(=O)CC2CSCCN2)s1. The van der Waals surface area contributed by atoms with Crippen LogP contribution >= 0.6 is 23.1 Å². The average Bonchev–Trinajstić information content (AvgIpc) is 2.96. The first-order valence-corrected chi connectivity index (χ1v) is 10.1. The van der Waals surface area contributed by atoms with Crippen LogP contribution < -0.4 is 15.4 Å². The molecular weight excluding hydrogens is 330 g/mol. The van der Waals surface area contributed by atoms with Crippen molar-refractivity contribution in [1.29, 1.82) is 0 Å². The summed E-state index contributed by atoms with van der Waals surface area (Å²) in [4.78, 5) is 12.7. The molecule has 1 unspecified atom stereocenters. The number of hydrogen-bond acceptors (Lipinski definition) is 6. The van der Waals surface area contributed by atoms with Gasteiger partial charge in [-0.2, -0.15) is 11.8 Å². The molecule has 1 aromatic heterocycles. The van der Waals surface area contributed by atoms with E-state index in [4.69, 9.17) is 0 Å². The lowest BCUT2D eigenvalue weighted by molar-refractivity contribution is -0.121. The molecule has 6 nitrogen and oxygen atoms in total. The molecule has 0 spiro atoms. The predicted molar refractivity (Wildman–Crippen MR) is 86.1 cm³/mol. The minimum Gasteiger partial charge on any atom is -0.351 e. The number of carbonyl (C=O) groups is 1. The maximum atomic E-state index is 11.9. The van der Waals surface area contributed by atoms with Crippen molar-refractivity contribution in [2.45, 2.75) is 23.2 Å². The third kappa shape index (κ3) is 4.96. The fourth-order valence-corrected chi connectivity index (χ4v) is 5.01. The van der Waals surface area contributed by atoms with E-state index in [2.05, 4.69) is 15.4 Å². The minimum atomic E-state index is -3.40. The first-order valence-electron chi connectivity index (χ1n) is 6.61. The van der Waals surface area contributed by atoms with Crippen LogP contribution in [-0.4, -0.2) is 45.5 Å². The van der Waals surface area contributed by atoms with Crippen LogP contribution in [0, 0.1) is 0 Å². The monoisotopic (exact) mass is 349 g/mol. The summed E-state index contributed by atoms with van der Waals surface area (Å²) in [5, 5.41) is 6.15. The Morgan fingerprint density at radius 2 is 2.29 bits per heavy atom. The molecule has 0 radical (unpaired) electrons. The standard InChI is InChI=1S/C12H19N3O3S3/c1-13-21(17,18)12-3-2-10(20-12)7-15-11(16)6-9-8-19-5-4-14-9/h2-3,9,13-14H,4-8H2,1H3,(H,15,16). The Morgan fingerprint density at radius 1 is 1.48 bits per heavy atom. The van der Waals surface area contributed by atoms with Crippen LogP contribution in [0.15, 0.2) is 16.3 Å². The van der Waals surface area contributed by atoms with Gasteiger partial charge in [-0.05, 0) is 19.2 Å². The molecular formula is C12H19N3O3S3. The number of amides is 1. The highest BCUT2D eigenvalue weighted by Crippen LogP contribution is 2.21. The fourth-order valence-electron chi connectivity index (χ4n) is 1.93. The second-order valence-electron chi connectivity index (χ2n) is 4.64. The topological polar surface area (TPSA) is 87.3 Å². The number of thioether (sulfide) groups is 1. The molecule has 1 aromatic rings. The molecule has 1 fully saturated rings. The Balaban J connectivity index is 1.81. The van der Waals surface area contributed by atoms with Gasteiger partial charge in [-0.3, -0.25) is 4.79 Å². The van der Waals surface area contributed by atoms with Crippen LogP contribution in [0.3, 0.4) is 0 Å². The van der Waals surface area contributed by atoms with Crippen molar-refractivity contribution in [1.82, 2.24) is 15.4 Å². The van der Waals surface area contributed by atoms with E-state index in [1.54, 1.807) is 12.1 Å². The van der Waals surface area contributed by atoms with E-state index in [0.29, 0.717) is 13.0 Å². The van der Waals surface area contributed by atoms with Gasteiger partial charge in [0.25, 0.3) is 0 Å². The van der Waals surface area contributed by atoms with Gasteiger partial charge in [-0.25, -0.2) is 13.1 Å². The van der Waals surface area contributed by atoms with E-state index >= 15 is 0 Å². The summed E-state index contributed by atoms with van der Waals surface area (Å²) >= 11 is 3.02. The van der Waals surface area contributed by atoms with Crippen LogP contribution in [0.1, 0.15) is 11.3 Å². The molecule has 0 bridgehead atoms. The van der Waals surface area contributed by atoms with Crippen molar-refractivity contribution in [3.05, 3.63) is 17.0 Å². The van der Waals surface area contributed by atoms with Crippen LogP contribution in [0.4, 0.5) is 0 Å². The van der Waals surface area contributed by atoms with Gasteiger partial charge in [0.05, 0.1) is 6.54 Å². The average molecular weight is 350 g/mol. The van der Waals surface area contributed by atoms with E-state index in [9.17, 15) is 13.2 Å². The smallest absolute Gasteiger partial charge is 0.249 e. The predicted octanol–water partition coefficient (Wildman–Crippen LogP) is 0.367. The summed E-state index contributed by atoms with van der Waals surface area (Å²) in [6.07, 6.45) is 0.458. The van der Waals surface area contributed by atoms with E-state index in [0.717, 1.165) is 22.9 Å². The van der Waals surface area contributed by atoms with E-state index in [1.807, 2.05) is 11.8 Å². The zero-order valence-electron chi connectivity index (χ0n) is 11.7. The van der Waals surface area contributed by atoms with Crippen molar-refractivity contribution in [3.8, 4) is 0 Å². The maximum absolute atomic E-state index is 11.9. The van der Waals surface area contributed by atoms with Gasteiger partial charge < -0.3 is 10.6 Å². The van der Waals surface area contributed by atoms with Crippen LogP contribution in [-0.2, 0) is 21.4 Å². The molecule has 0 aromatic carbocycles. The van der Waals surface area contributed by atoms with Crippen LogP contribution in [0.2, 0.25) is 0 Å². The number of thiophene rings is 1. The third-order valence-electron chi connectivity index (χ3n) is 3.06. The molecule has 2 heterocycles. The van der Waals surface area contributed by atoms with Crippen LogP contribution in [0.25, 0.3) is 0 Å². The lowest BCUT2D eigenvalue weighted by Gasteiger charge is -2.22. The normalized spacial score (nSPS) is 19.4. The summed E-state index contributed by atoms with van der Waals surface area (Å²) in [5.74, 6) is 2.04. The van der Waals surface area contributed by atoms with Gasteiger partial charge in [0, 0.05) is 35.4 Å². The molecule has 1 aliphatic heterocycles. The Kier molecular flexibility index (Phi) is 6.06. The summed E-state index contributed by atoms with van der Waals surface area (Å²) in [5.41, 5.74) is 0. The Labute approximate surface area is 133 Å². The zero-order chi connectivity index (χ0) is 15.3. The number of rotatable bonds is 6. The molecule has 0 saturated carbocycles. The highest BCUT2D eigenvalue weighted by atomic mass is 32.2. The van der Waals surface area contributed by atoms with Crippen molar-refractivity contribution >= 4 is 39.0 Å². The molecule has 3 N–H and O–H groups in total. The summed E-state index contributed by atoms with van der Waals surface area (Å²) in [7, 11) is -2.01. The Morgan fingerprint density at radius 3 is 2.95 bits per heavy atom. The van der Waals surface area contributed by atoms with Gasteiger partial charge in [0.15, 0.2) is 0 Å². The second-order valence-corrected chi connectivity index (χ2v) is 9.07. The van der Waals surface area contributed by atoms with E-state index in [1.165, 1.54) is 18.4 Å². The van der Waals surface area contributed by atoms with Crippen molar-refractivity contribution in [2.24, 2.45) is 0 Å². The third-order valence-corrected chi connectivity index (χ3v) is 7.18. The quantitative estimate of drug-likeness (QED) is 0.691. The van der Waals surface area contributed by atoms with E-state index in [-0.39, 0.29) is 16.2 Å². The van der Waals surface area contributed by atoms with Gasteiger partial charge in [-0.1, -0.05) is 0 Å². The highest BCUT2D eigenvalue weighted by Gasteiger charge is 2.17. The minimum absolute atomic E-state index is 0.0126. The molecule has 0 aliphatic carbocycles. The summed E-state index contributed by atoms with van der Waals surface area (Å²) < 4.78 is 25.8. The lowest BCUT2D eigenvalue weighted by atomic mass is 10.2. The van der Waals surface area contributed by atoms with Gasteiger partial charge in [0.1, 0.15) is 4.21 Å². The maximum Gasteiger partial charge on any atom is 0.249 e. The molecule has 1 saturated heterocycles. The first kappa shape index (κ1) is 16.8. The largest absolute Gasteiger partial charge is 0.351 e. The number of nitrogens with one attached hydrogen (secondary N) is 3. The van der Waals surface area contributed by atoms with Crippen molar-refractivity contribution < 1.29 is 13.2 Å². The molecule has 1 atom stereocenters. The molecule has 118 valence electrons. The van der Waals surface area contributed by atoms with Crippen molar-refractivity contribution in [3.63, 3.8) is 0 Å². The Hall–Kier alpha value is -0.610. The Bertz CT molecular complexity index is 580. The summed E-state index contributed by atoms with van der Waals surface area (Å²) in [6, 6.07) is 3.51. The number of carbonyl (C=O) groups excluding carboxylic acids is 1. The molecule has 1 amide bonds. The first-order chi connectivity index (χ1) is 10.0. The zero-order valence-corrected chi connectivity index (χ0v) is 14.2. The molecule has 2 rings (SSSR count). The fraction of sp³-hybridized carbons (Fsp3) is 0.583.